The van der Waals surface area contributed by atoms with Crippen LogP contribution >= 0.6 is 0 Å². The molecule has 6 nitrogen and oxygen atoms in total. The van der Waals surface area contributed by atoms with Gasteiger partial charge in [0.2, 0.25) is 5.75 Å². The summed E-state index contributed by atoms with van der Waals surface area (Å²) in [5, 5.41) is 7.35. The molecule has 0 spiro atoms. The molecule has 0 fully saturated rings. The number of nitrogens with one attached hydrogen (secondary N) is 1. The Bertz CT molecular complexity index is 630. The second-order valence-electron chi connectivity index (χ2n) is 5.23. The normalized spacial score (nSPS) is 13.2. The lowest BCUT2D eigenvalue weighted by atomic mass is 10.1. The number of nitrogens with zero attached hydrogens (tertiary/aromatic N) is 1. The van der Waals surface area contributed by atoms with Crippen molar-refractivity contribution in [2.75, 3.05) is 20.3 Å². The fourth-order valence-corrected chi connectivity index (χ4v) is 2.52. The molecule has 1 aliphatic heterocycles. The minimum Gasteiger partial charge on any atom is -0.493 e. The number of methoxy groups -OCH3 is 1. The lowest BCUT2D eigenvalue weighted by Crippen LogP contribution is -2.17. The van der Waals surface area contributed by atoms with Gasteiger partial charge in [0, 0.05) is 18.7 Å². The first-order valence-corrected chi connectivity index (χ1v) is 7.28. The summed E-state index contributed by atoms with van der Waals surface area (Å²) in [5.41, 5.74) is 3.10. The molecule has 2 aromatic rings. The van der Waals surface area contributed by atoms with Gasteiger partial charge < -0.3 is 24.1 Å². The summed E-state index contributed by atoms with van der Waals surface area (Å²) < 4.78 is 21.8. The fraction of sp³-hybridized carbons (Fsp3) is 0.438. The van der Waals surface area contributed by atoms with Crippen LogP contribution in [0.5, 0.6) is 17.2 Å². The van der Waals surface area contributed by atoms with Gasteiger partial charge in [0.1, 0.15) is 19.0 Å². The maximum absolute atomic E-state index is 5.64. The number of hydrogen-bond acceptors (Lipinski definition) is 6. The van der Waals surface area contributed by atoms with E-state index >= 15 is 0 Å². The van der Waals surface area contributed by atoms with Crippen LogP contribution in [0, 0.1) is 13.8 Å². The lowest BCUT2D eigenvalue weighted by Gasteiger charge is -2.21. The van der Waals surface area contributed by atoms with Gasteiger partial charge in [-0.15, -0.1) is 0 Å². The molecular weight excluding hydrogens is 284 g/mol. The summed E-state index contributed by atoms with van der Waals surface area (Å²) in [5.74, 6) is 2.97. The topological polar surface area (TPSA) is 65.8 Å². The Morgan fingerprint density at radius 1 is 1.18 bits per heavy atom. The Morgan fingerprint density at radius 3 is 2.73 bits per heavy atom. The van der Waals surface area contributed by atoms with E-state index in [1.165, 1.54) is 0 Å². The summed E-state index contributed by atoms with van der Waals surface area (Å²) in [7, 11) is 1.63. The van der Waals surface area contributed by atoms with Crippen LogP contribution in [0.4, 0.5) is 0 Å². The van der Waals surface area contributed by atoms with E-state index in [4.69, 9.17) is 18.7 Å². The Labute approximate surface area is 129 Å². The highest BCUT2D eigenvalue weighted by Gasteiger charge is 2.18. The second kappa shape index (κ2) is 6.27. The van der Waals surface area contributed by atoms with Crippen molar-refractivity contribution in [1.82, 2.24) is 10.5 Å². The third-order valence-corrected chi connectivity index (χ3v) is 3.70. The van der Waals surface area contributed by atoms with Crippen LogP contribution in [0.15, 0.2) is 16.7 Å². The zero-order valence-electron chi connectivity index (χ0n) is 13.1. The van der Waals surface area contributed by atoms with E-state index < -0.39 is 0 Å². The molecule has 0 bridgehead atoms. The molecule has 0 aliphatic carbocycles. The maximum Gasteiger partial charge on any atom is 0.203 e. The number of rotatable bonds is 5. The van der Waals surface area contributed by atoms with Crippen molar-refractivity contribution in [3.8, 4) is 17.2 Å². The molecule has 1 aromatic carbocycles. The van der Waals surface area contributed by atoms with Crippen LogP contribution in [0.1, 0.15) is 22.6 Å². The van der Waals surface area contributed by atoms with E-state index in [1.54, 1.807) is 7.11 Å². The molecule has 0 atom stereocenters. The van der Waals surface area contributed by atoms with Crippen LogP contribution in [-0.2, 0) is 13.1 Å². The van der Waals surface area contributed by atoms with Crippen LogP contribution in [0.3, 0.4) is 0 Å². The molecule has 1 aromatic heterocycles. The second-order valence-corrected chi connectivity index (χ2v) is 5.23. The van der Waals surface area contributed by atoms with Gasteiger partial charge in [-0.2, -0.15) is 0 Å². The molecule has 0 saturated carbocycles. The SMILES string of the molecule is COc1cc(CNCc2c(C)noc2C)cc2c1OCCO2. The van der Waals surface area contributed by atoms with E-state index in [0.717, 1.165) is 28.3 Å². The third-order valence-electron chi connectivity index (χ3n) is 3.70. The standard InChI is InChI=1S/C16H20N2O4/c1-10-13(11(2)22-18-10)9-17-8-12-6-14(19-3)16-15(7-12)20-4-5-21-16/h6-7,17H,4-5,8-9H2,1-3H3. The zero-order valence-corrected chi connectivity index (χ0v) is 13.1. The molecule has 0 amide bonds. The molecule has 2 heterocycles. The van der Waals surface area contributed by atoms with Crippen LogP contribution in [0.2, 0.25) is 0 Å². The molecule has 3 rings (SSSR count). The van der Waals surface area contributed by atoms with Crippen molar-refractivity contribution >= 4 is 0 Å². The first kappa shape index (κ1) is 14.7. The van der Waals surface area contributed by atoms with Gasteiger partial charge in [-0.3, -0.25) is 0 Å². The van der Waals surface area contributed by atoms with Crippen molar-refractivity contribution in [3.63, 3.8) is 0 Å². The average molecular weight is 304 g/mol. The maximum atomic E-state index is 5.64. The molecule has 0 unspecified atom stereocenters. The number of hydrogen-bond donors (Lipinski definition) is 1. The highest BCUT2D eigenvalue weighted by Crippen LogP contribution is 2.40. The largest absolute Gasteiger partial charge is 0.493 e. The van der Waals surface area contributed by atoms with Crippen LogP contribution in [0.25, 0.3) is 0 Å². The molecule has 6 heteroatoms. The summed E-state index contributed by atoms with van der Waals surface area (Å²) in [6, 6.07) is 3.95. The predicted molar refractivity (Wildman–Crippen MR) is 80.5 cm³/mol. The minimum atomic E-state index is 0.549. The van der Waals surface area contributed by atoms with E-state index in [-0.39, 0.29) is 0 Å². The molecule has 1 aliphatic rings. The summed E-state index contributed by atoms with van der Waals surface area (Å²) in [4.78, 5) is 0. The van der Waals surface area contributed by atoms with Gasteiger partial charge in [0.05, 0.1) is 12.8 Å². The van der Waals surface area contributed by atoms with Gasteiger partial charge >= 0.3 is 0 Å². The van der Waals surface area contributed by atoms with Gasteiger partial charge in [-0.25, -0.2) is 0 Å². The number of aryl methyl sites for hydroxylation is 2. The number of benzene rings is 1. The summed E-state index contributed by atoms with van der Waals surface area (Å²) in [6.07, 6.45) is 0. The third kappa shape index (κ3) is 2.87. The zero-order chi connectivity index (χ0) is 15.5. The summed E-state index contributed by atoms with van der Waals surface area (Å²) >= 11 is 0. The molecule has 118 valence electrons. The minimum absolute atomic E-state index is 0.549. The number of ether oxygens (including phenoxy) is 3. The Balaban J connectivity index is 1.70. The van der Waals surface area contributed by atoms with E-state index in [2.05, 4.69) is 10.5 Å². The highest BCUT2D eigenvalue weighted by molar-refractivity contribution is 5.54. The van der Waals surface area contributed by atoms with Crippen molar-refractivity contribution in [3.05, 3.63) is 34.7 Å². The quantitative estimate of drug-likeness (QED) is 0.915. The smallest absolute Gasteiger partial charge is 0.203 e. The Hall–Kier alpha value is -2.21. The summed E-state index contributed by atoms with van der Waals surface area (Å²) in [6.45, 7) is 6.37. The Kier molecular flexibility index (Phi) is 4.20. The van der Waals surface area contributed by atoms with Crippen molar-refractivity contribution in [1.29, 1.82) is 0 Å². The lowest BCUT2D eigenvalue weighted by molar-refractivity contribution is 0.165. The van der Waals surface area contributed by atoms with Crippen molar-refractivity contribution < 1.29 is 18.7 Å². The number of fused-ring (bicyclic) bond motifs is 1. The predicted octanol–water partition coefficient (Wildman–Crippen LogP) is 2.36. The first-order chi connectivity index (χ1) is 10.7. The van der Waals surface area contributed by atoms with Gasteiger partial charge in [0.15, 0.2) is 11.5 Å². The fourth-order valence-electron chi connectivity index (χ4n) is 2.52. The molecule has 0 radical (unpaired) electrons. The van der Waals surface area contributed by atoms with Crippen molar-refractivity contribution in [2.24, 2.45) is 0 Å². The number of aromatic nitrogens is 1. The Morgan fingerprint density at radius 2 is 2.00 bits per heavy atom. The molecular formula is C16H20N2O4. The van der Waals surface area contributed by atoms with Gasteiger partial charge in [-0.1, -0.05) is 5.16 Å². The van der Waals surface area contributed by atoms with E-state index in [1.807, 2.05) is 26.0 Å². The highest BCUT2D eigenvalue weighted by atomic mass is 16.6. The van der Waals surface area contributed by atoms with Crippen LogP contribution < -0.4 is 19.5 Å². The average Bonchev–Trinajstić information content (AvgIpc) is 2.86. The molecule has 1 N–H and O–H groups in total. The van der Waals surface area contributed by atoms with Gasteiger partial charge in [0.25, 0.3) is 0 Å². The van der Waals surface area contributed by atoms with Crippen molar-refractivity contribution in [2.45, 2.75) is 26.9 Å². The molecule has 0 saturated heterocycles. The van der Waals surface area contributed by atoms with Crippen LogP contribution in [-0.4, -0.2) is 25.5 Å². The molecule has 22 heavy (non-hydrogen) atoms. The van der Waals surface area contributed by atoms with E-state index in [0.29, 0.717) is 37.8 Å². The monoisotopic (exact) mass is 304 g/mol. The van der Waals surface area contributed by atoms with Gasteiger partial charge in [-0.05, 0) is 31.5 Å². The van der Waals surface area contributed by atoms with E-state index in [9.17, 15) is 0 Å². The first-order valence-electron chi connectivity index (χ1n) is 7.28.